The van der Waals surface area contributed by atoms with E-state index < -0.39 is 0 Å². The number of anilines is 1. The van der Waals surface area contributed by atoms with Gasteiger partial charge in [-0.05, 0) is 36.5 Å². The minimum absolute atomic E-state index is 0.110. The van der Waals surface area contributed by atoms with Crippen LogP contribution < -0.4 is 10.6 Å². The monoisotopic (exact) mass is 338 g/mol. The summed E-state index contributed by atoms with van der Waals surface area (Å²) in [5.74, 6) is 0.560. The van der Waals surface area contributed by atoms with E-state index in [1.807, 2.05) is 62.4 Å². The summed E-state index contributed by atoms with van der Waals surface area (Å²) >= 11 is 5.18. The topological polar surface area (TPSA) is 69.8 Å². The molecule has 24 heavy (non-hydrogen) atoms. The van der Waals surface area contributed by atoms with Gasteiger partial charge in [-0.25, -0.2) is 4.98 Å². The summed E-state index contributed by atoms with van der Waals surface area (Å²) in [5.41, 5.74) is 3.65. The number of thiocarbonyl (C=S) groups is 1. The van der Waals surface area contributed by atoms with Crippen molar-refractivity contribution >= 4 is 40.0 Å². The van der Waals surface area contributed by atoms with E-state index in [9.17, 15) is 4.79 Å². The molecule has 5 nitrogen and oxygen atoms in total. The number of nitrogens with zero attached hydrogens (tertiary/aromatic N) is 1. The Kier molecular flexibility index (Phi) is 4.57. The maximum absolute atomic E-state index is 11.7. The Bertz CT molecular complexity index is 868. The van der Waals surface area contributed by atoms with Crippen LogP contribution in [-0.4, -0.2) is 21.0 Å². The van der Waals surface area contributed by atoms with E-state index in [0.717, 1.165) is 28.1 Å². The zero-order valence-corrected chi connectivity index (χ0v) is 14.3. The third kappa shape index (κ3) is 3.60. The van der Waals surface area contributed by atoms with Crippen molar-refractivity contribution in [3.05, 3.63) is 48.5 Å². The molecule has 0 aliphatic heterocycles. The molecule has 0 unspecified atom stereocenters. The molecule has 1 amide bonds. The first-order valence-electron chi connectivity index (χ1n) is 7.70. The van der Waals surface area contributed by atoms with Gasteiger partial charge < -0.3 is 15.6 Å². The number of para-hydroxylation sites is 2. The van der Waals surface area contributed by atoms with Gasteiger partial charge in [-0.1, -0.05) is 38.1 Å². The van der Waals surface area contributed by atoms with Crippen LogP contribution in [0.1, 0.15) is 13.8 Å². The number of benzene rings is 2. The molecule has 0 spiro atoms. The second kappa shape index (κ2) is 6.80. The Labute approximate surface area is 145 Å². The smallest absolute Gasteiger partial charge is 0.228 e. The molecule has 1 heterocycles. The summed E-state index contributed by atoms with van der Waals surface area (Å²) in [7, 11) is 0. The van der Waals surface area contributed by atoms with Crippen molar-refractivity contribution in [1.82, 2.24) is 15.3 Å². The van der Waals surface area contributed by atoms with Crippen molar-refractivity contribution < 1.29 is 4.79 Å². The number of imidazole rings is 1. The van der Waals surface area contributed by atoms with E-state index in [4.69, 9.17) is 12.2 Å². The fourth-order valence-corrected chi connectivity index (χ4v) is 2.47. The molecule has 0 fully saturated rings. The highest BCUT2D eigenvalue weighted by Crippen LogP contribution is 2.23. The van der Waals surface area contributed by atoms with Crippen molar-refractivity contribution in [2.24, 2.45) is 5.92 Å². The normalized spacial score (nSPS) is 10.8. The Hall–Kier alpha value is -2.73. The number of hydrogen-bond acceptors (Lipinski definition) is 3. The van der Waals surface area contributed by atoms with Gasteiger partial charge in [0.05, 0.1) is 11.0 Å². The average Bonchev–Trinajstić information content (AvgIpc) is 2.99. The van der Waals surface area contributed by atoms with Crippen LogP contribution in [0.3, 0.4) is 0 Å². The number of rotatable bonds is 3. The number of fused-ring (bicyclic) bond motifs is 1. The van der Waals surface area contributed by atoms with E-state index in [-0.39, 0.29) is 16.9 Å². The van der Waals surface area contributed by atoms with E-state index in [2.05, 4.69) is 20.6 Å². The van der Waals surface area contributed by atoms with Gasteiger partial charge in [-0.15, -0.1) is 0 Å². The highest BCUT2D eigenvalue weighted by molar-refractivity contribution is 7.80. The molecule has 3 rings (SSSR count). The molecular weight excluding hydrogens is 320 g/mol. The summed E-state index contributed by atoms with van der Waals surface area (Å²) in [6, 6.07) is 15.6. The van der Waals surface area contributed by atoms with Gasteiger partial charge >= 0.3 is 0 Å². The number of hydrogen-bond donors (Lipinski definition) is 3. The second-order valence-electron chi connectivity index (χ2n) is 5.78. The van der Waals surface area contributed by atoms with Crippen LogP contribution in [0.2, 0.25) is 0 Å². The Morgan fingerprint density at radius 3 is 2.71 bits per heavy atom. The minimum atomic E-state index is -0.119. The van der Waals surface area contributed by atoms with E-state index in [1.165, 1.54) is 0 Å². The maximum atomic E-state index is 11.7. The summed E-state index contributed by atoms with van der Waals surface area (Å²) in [4.78, 5) is 19.6. The van der Waals surface area contributed by atoms with Crippen LogP contribution in [-0.2, 0) is 4.79 Å². The van der Waals surface area contributed by atoms with E-state index in [0.29, 0.717) is 0 Å². The molecule has 122 valence electrons. The lowest BCUT2D eigenvalue weighted by Crippen LogP contribution is -2.36. The van der Waals surface area contributed by atoms with Gasteiger partial charge in [-0.2, -0.15) is 0 Å². The second-order valence-corrected chi connectivity index (χ2v) is 6.19. The van der Waals surface area contributed by atoms with Crippen molar-refractivity contribution in [1.29, 1.82) is 0 Å². The lowest BCUT2D eigenvalue weighted by molar-refractivity contribution is -0.122. The molecule has 0 saturated heterocycles. The van der Waals surface area contributed by atoms with Gasteiger partial charge in [0.2, 0.25) is 5.91 Å². The third-order valence-electron chi connectivity index (χ3n) is 3.54. The molecule has 0 radical (unpaired) electrons. The quantitative estimate of drug-likeness (QED) is 0.637. The van der Waals surface area contributed by atoms with Crippen LogP contribution in [0.5, 0.6) is 0 Å². The molecule has 0 atom stereocenters. The SMILES string of the molecule is CC(C)C(=O)NC(=S)Nc1cccc(-c2nc3ccccc3[nH]2)c1. The molecule has 0 saturated carbocycles. The van der Waals surface area contributed by atoms with E-state index >= 15 is 0 Å². The first-order chi connectivity index (χ1) is 11.5. The van der Waals surface area contributed by atoms with Crippen molar-refractivity contribution in [3.8, 4) is 11.4 Å². The molecule has 2 aromatic carbocycles. The van der Waals surface area contributed by atoms with E-state index in [1.54, 1.807) is 0 Å². The molecule has 0 aliphatic carbocycles. The number of H-pyrrole nitrogens is 1. The molecule has 0 bridgehead atoms. The summed E-state index contributed by atoms with van der Waals surface area (Å²) in [5, 5.41) is 5.98. The molecule has 0 aliphatic rings. The fourth-order valence-electron chi connectivity index (χ4n) is 2.25. The molecule has 3 N–H and O–H groups in total. The lowest BCUT2D eigenvalue weighted by atomic mass is 10.2. The molecular formula is C18H18N4OS. The Morgan fingerprint density at radius 1 is 1.17 bits per heavy atom. The summed E-state index contributed by atoms with van der Waals surface area (Å²) in [6.07, 6.45) is 0. The number of aromatic amines is 1. The molecule has 3 aromatic rings. The Balaban J connectivity index is 1.79. The highest BCUT2D eigenvalue weighted by Gasteiger charge is 2.10. The average molecular weight is 338 g/mol. The molecule has 6 heteroatoms. The first kappa shape index (κ1) is 16.1. The van der Waals surface area contributed by atoms with Gasteiger partial charge in [0, 0.05) is 17.2 Å². The van der Waals surface area contributed by atoms with Gasteiger partial charge in [0.25, 0.3) is 0 Å². The van der Waals surface area contributed by atoms with Gasteiger partial charge in [0.1, 0.15) is 5.82 Å². The van der Waals surface area contributed by atoms with Crippen LogP contribution in [0.4, 0.5) is 5.69 Å². The minimum Gasteiger partial charge on any atom is -0.338 e. The number of carbonyl (C=O) groups excluding carboxylic acids is 1. The number of amides is 1. The lowest BCUT2D eigenvalue weighted by Gasteiger charge is -2.11. The summed E-state index contributed by atoms with van der Waals surface area (Å²) in [6.45, 7) is 3.64. The van der Waals surface area contributed by atoms with Crippen molar-refractivity contribution in [3.63, 3.8) is 0 Å². The predicted molar refractivity (Wildman–Crippen MR) is 101 cm³/mol. The van der Waals surface area contributed by atoms with Gasteiger partial charge in [-0.3, -0.25) is 4.79 Å². The molecule has 1 aromatic heterocycles. The highest BCUT2D eigenvalue weighted by atomic mass is 32.1. The zero-order valence-electron chi connectivity index (χ0n) is 13.5. The number of nitrogens with one attached hydrogen (secondary N) is 3. The number of aromatic nitrogens is 2. The summed E-state index contributed by atoms with van der Waals surface area (Å²) < 4.78 is 0. The third-order valence-corrected chi connectivity index (χ3v) is 3.75. The maximum Gasteiger partial charge on any atom is 0.228 e. The fraction of sp³-hybridized carbons (Fsp3) is 0.167. The van der Waals surface area contributed by atoms with Crippen molar-refractivity contribution in [2.75, 3.05) is 5.32 Å². The predicted octanol–water partition coefficient (Wildman–Crippen LogP) is 3.70. The van der Waals surface area contributed by atoms with Crippen LogP contribution in [0.15, 0.2) is 48.5 Å². The van der Waals surface area contributed by atoms with Crippen LogP contribution in [0, 0.1) is 5.92 Å². The number of carbonyl (C=O) groups is 1. The Morgan fingerprint density at radius 2 is 1.96 bits per heavy atom. The largest absolute Gasteiger partial charge is 0.338 e. The van der Waals surface area contributed by atoms with Crippen molar-refractivity contribution in [2.45, 2.75) is 13.8 Å². The van der Waals surface area contributed by atoms with Crippen LogP contribution in [0.25, 0.3) is 22.4 Å². The van der Waals surface area contributed by atoms with Gasteiger partial charge in [0.15, 0.2) is 5.11 Å². The standard InChI is InChI=1S/C18H18N4OS/c1-11(2)17(23)22-18(24)19-13-7-5-6-12(10-13)16-20-14-8-3-4-9-15(14)21-16/h3-11H,1-2H3,(H,20,21)(H2,19,22,23,24). The van der Waals surface area contributed by atoms with Crippen LogP contribution >= 0.6 is 12.2 Å². The zero-order chi connectivity index (χ0) is 17.1. The first-order valence-corrected chi connectivity index (χ1v) is 8.11.